The predicted octanol–water partition coefficient (Wildman–Crippen LogP) is 2.41. The molecule has 2 aromatic heterocycles. The van der Waals surface area contributed by atoms with Crippen molar-refractivity contribution in [3.8, 4) is 5.75 Å². The first-order valence-corrected chi connectivity index (χ1v) is 11.1. The Balaban J connectivity index is 1.47. The summed E-state index contributed by atoms with van der Waals surface area (Å²) in [5.41, 5.74) is 0.568. The first kappa shape index (κ1) is 23.3. The van der Waals surface area contributed by atoms with Gasteiger partial charge in [0.25, 0.3) is 5.56 Å². The van der Waals surface area contributed by atoms with Gasteiger partial charge in [0.2, 0.25) is 5.91 Å². The molecule has 0 saturated carbocycles. The van der Waals surface area contributed by atoms with Gasteiger partial charge in [-0.15, -0.1) is 0 Å². The van der Waals surface area contributed by atoms with E-state index in [1.165, 1.54) is 17.9 Å². The molecular formula is C24H24ClN5O4. The third-order valence-electron chi connectivity index (χ3n) is 5.56. The summed E-state index contributed by atoms with van der Waals surface area (Å²) in [6.45, 7) is 0.462. The topological polar surface area (TPSA) is 100 Å². The lowest BCUT2D eigenvalue weighted by Gasteiger charge is -2.20. The molecule has 0 bridgehead atoms. The number of ether oxygens (including phenoxy) is 1. The van der Waals surface area contributed by atoms with Crippen molar-refractivity contribution in [3.05, 3.63) is 92.3 Å². The van der Waals surface area contributed by atoms with Gasteiger partial charge in [0.05, 0.1) is 12.4 Å². The number of nitrogens with one attached hydrogen (secondary N) is 1. The van der Waals surface area contributed by atoms with E-state index in [9.17, 15) is 14.4 Å². The number of rotatable bonds is 8. The number of aromatic nitrogens is 4. The SMILES string of the molecule is Cn1c(=O)c2c(ncn2CCC(=O)NC(COc2ccc(Cl)cc2)c2ccccc2)n(C)c1=O. The average molecular weight is 482 g/mol. The standard InChI is InChI=1S/C24H24ClN5O4/c1-28-22-21(23(32)29(2)24(28)33)30(15-26-22)13-12-20(31)27-19(16-6-4-3-5-7-16)14-34-18-10-8-17(25)9-11-18/h3-11,15,19H,12-14H2,1-2H3,(H,27,31). The van der Waals surface area contributed by atoms with Crippen LogP contribution in [0.1, 0.15) is 18.0 Å². The maximum Gasteiger partial charge on any atom is 0.332 e. The molecule has 2 heterocycles. The molecule has 0 aliphatic heterocycles. The van der Waals surface area contributed by atoms with Gasteiger partial charge < -0.3 is 14.6 Å². The van der Waals surface area contributed by atoms with E-state index in [-0.39, 0.29) is 42.7 Å². The summed E-state index contributed by atoms with van der Waals surface area (Å²) in [5, 5.41) is 3.62. The summed E-state index contributed by atoms with van der Waals surface area (Å²) in [6, 6.07) is 16.2. The summed E-state index contributed by atoms with van der Waals surface area (Å²) in [7, 11) is 2.97. The van der Waals surface area contributed by atoms with Crippen molar-refractivity contribution in [2.45, 2.75) is 19.0 Å². The maximum absolute atomic E-state index is 12.8. The third kappa shape index (κ3) is 4.89. The first-order chi connectivity index (χ1) is 16.3. The molecule has 0 saturated heterocycles. The minimum atomic E-state index is -0.452. The Bertz CT molecular complexity index is 1420. The van der Waals surface area contributed by atoms with Crippen LogP contribution < -0.4 is 21.3 Å². The van der Waals surface area contributed by atoms with E-state index in [2.05, 4.69) is 10.3 Å². The molecule has 10 heteroatoms. The Kier molecular flexibility index (Phi) is 6.83. The van der Waals surface area contributed by atoms with Crippen LogP contribution in [-0.4, -0.2) is 31.2 Å². The molecule has 1 amide bonds. The molecule has 4 rings (SSSR count). The van der Waals surface area contributed by atoms with Gasteiger partial charge in [-0.2, -0.15) is 0 Å². The van der Waals surface area contributed by atoms with E-state index in [0.717, 1.165) is 10.1 Å². The molecule has 0 aliphatic carbocycles. The molecule has 1 N–H and O–H groups in total. The molecule has 0 spiro atoms. The number of fused-ring (bicyclic) bond motifs is 1. The molecule has 2 aromatic carbocycles. The number of hydrogen-bond acceptors (Lipinski definition) is 5. The lowest BCUT2D eigenvalue weighted by molar-refractivity contribution is -0.122. The number of halogens is 1. The highest BCUT2D eigenvalue weighted by Gasteiger charge is 2.18. The van der Waals surface area contributed by atoms with Crippen LogP contribution in [0, 0.1) is 0 Å². The number of aryl methyl sites for hydroxylation is 2. The Hall–Kier alpha value is -3.85. The van der Waals surface area contributed by atoms with Crippen LogP contribution >= 0.6 is 11.6 Å². The van der Waals surface area contributed by atoms with Gasteiger partial charge in [-0.3, -0.25) is 18.7 Å². The van der Waals surface area contributed by atoms with E-state index in [4.69, 9.17) is 16.3 Å². The average Bonchev–Trinajstić information content (AvgIpc) is 3.28. The second-order valence-corrected chi connectivity index (χ2v) is 8.30. The van der Waals surface area contributed by atoms with Gasteiger partial charge in [0.1, 0.15) is 12.4 Å². The van der Waals surface area contributed by atoms with E-state index in [1.807, 2.05) is 30.3 Å². The van der Waals surface area contributed by atoms with Gasteiger partial charge >= 0.3 is 5.69 Å². The molecule has 9 nitrogen and oxygen atoms in total. The van der Waals surface area contributed by atoms with E-state index < -0.39 is 11.2 Å². The van der Waals surface area contributed by atoms with Crippen molar-refractivity contribution in [1.82, 2.24) is 24.0 Å². The summed E-state index contributed by atoms with van der Waals surface area (Å²) >= 11 is 5.93. The lowest BCUT2D eigenvalue weighted by Crippen LogP contribution is -2.37. The van der Waals surface area contributed by atoms with Gasteiger partial charge in [-0.25, -0.2) is 9.78 Å². The second kappa shape index (κ2) is 9.96. The molecule has 1 atom stereocenters. The van der Waals surface area contributed by atoms with Crippen LogP contribution in [0.2, 0.25) is 5.02 Å². The first-order valence-electron chi connectivity index (χ1n) is 10.7. The molecular weight excluding hydrogens is 458 g/mol. The zero-order valence-electron chi connectivity index (χ0n) is 18.8. The minimum absolute atomic E-state index is 0.113. The summed E-state index contributed by atoms with van der Waals surface area (Å²) in [6.07, 6.45) is 1.58. The number of imidazole rings is 1. The normalized spacial score (nSPS) is 12.0. The number of carbonyl (C=O) groups excluding carboxylic acids is 1. The molecule has 176 valence electrons. The fraction of sp³-hybridized carbons (Fsp3) is 0.250. The van der Waals surface area contributed by atoms with Crippen LogP contribution in [0.5, 0.6) is 5.75 Å². The van der Waals surface area contributed by atoms with E-state index >= 15 is 0 Å². The zero-order chi connectivity index (χ0) is 24.2. The monoisotopic (exact) mass is 481 g/mol. The number of nitrogens with zero attached hydrogens (tertiary/aromatic N) is 4. The fourth-order valence-electron chi connectivity index (χ4n) is 3.67. The molecule has 0 fully saturated rings. The van der Waals surface area contributed by atoms with Crippen molar-refractivity contribution in [2.24, 2.45) is 14.1 Å². The van der Waals surface area contributed by atoms with Gasteiger partial charge in [-0.1, -0.05) is 41.9 Å². The van der Waals surface area contributed by atoms with Crippen molar-refractivity contribution >= 4 is 28.7 Å². The van der Waals surface area contributed by atoms with Gasteiger partial charge in [-0.05, 0) is 29.8 Å². The van der Waals surface area contributed by atoms with Crippen LogP contribution in [0.15, 0.2) is 70.5 Å². The van der Waals surface area contributed by atoms with Crippen molar-refractivity contribution in [3.63, 3.8) is 0 Å². The van der Waals surface area contributed by atoms with Crippen molar-refractivity contribution in [2.75, 3.05) is 6.61 Å². The Morgan fingerprint density at radius 1 is 1.06 bits per heavy atom. The molecule has 1 unspecified atom stereocenters. The second-order valence-electron chi connectivity index (χ2n) is 7.86. The number of amides is 1. The summed E-state index contributed by atoms with van der Waals surface area (Å²) < 4.78 is 9.81. The van der Waals surface area contributed by atoms with Gasteiger partial charge in [0, 0.05) is 32.1 Å². The Morgan fingerprint density at radius 2 is 1.76 bits per heavy atom. The lowest BCUT2D eigenvalue weighted by atomic mass is 10.1. The van der Waals surface area contributed by atoms with Crippen molar-refractivity contribution in [1.29, 1.82) is 0 Å². The molecule has 0 radical (unpaired) electrons. The maximum atomic E-state index is 12.8. The fourth-order valence-corrected chi connectivity index (χ4v) is 3.80. The predicted molar refractivity (Wildman–Crippen MR) is 129 cm³/mol. The van der Waals surface area contributed by atoms with Crippen LogP contribution in [0.25, 0.3) is 11.2 Å². The minimum Gasteiger partial charge on any atom is -0.491 e. The molecule has 4 aromatic rings. The third-order valence-corrected chi connectivity index (χ3v) is 5.82. The van der Waals surface area contributed by atoms with Gasteiger partial charge in [0.15, 0.2) is 11.2 Å². The van der Waals surface area contributed by atoms with Crippen LogP contribution in [0.4, 0.5) is 0 Å². The molecule has 34 heavy (non-hydrogen) atoms. The van der Waals surface area contributed by atoms with Crippen molar-refractivity contribution < 1.29 is 9.53 Å². The highest BCUT2D eigenvalue weighted by atomic mass is 35.5. The summed E-state index contributed by atoms with van der Waals surface area (Å²) in [5.74, 6) is 0.433. The zero-order valence-corrected chi connectivity index (χ0v) is 19.5. The Morgan fingerprint density at radius 3 is 2.47 bits per heavy atom. The smallest absolute Gasteiger partial charge is 0.332 e. The van der Waals surface area contributed by atoms with Crippen LogP contribution in [-0.2, 0) is 25.4 Å². The largest absolute Gasteiger partial charge is 0.491 e. The number of carbonyl (C=O) groups is 1. The van der Waals surface area contributed by atoms with E-state index in [1.54, 1.807) is 35.9 Å². The highest BCUT2D eigenvalue weighted by Crippen LogP contribution is 2.19. The Labute approximate surface area is 200 Å². The summed E-state index contributed by atoms with van der Waals surface area (Å²) in [4.78, 5) is 41.7. The van der Waals surface area contributed by atoms with Crippen LogP contribution in [0.3, 0.4) is 0 Å². The van der Waals surface area contributed by atoms with E-state index in [0.29, 0.717) is 10.8 Å². The molecule has 0 aliphatic rings. The highest BCUT2D eigenvalue weighted by molar-refractivity contribution is 6.30. The number of benzene rings is 2. The number of hydrogen-bond donors (Lipinski definition) is 1. The quantitative estimate of drug-likeness (QED) is 0.416.